The maximum atomic E-state index is 12.9. The smallest absolute Gasteiger partial charge is 0.454 e. The lowest BCUT2D eigenvalue weighted by Crippen LogP contribution is -2.30. The first-order valence-electron chi connectivity index (χ1n) is 7.93. The van der Waals surface area contributed by atoms with Crippen molar-refractivity contribution in [3.8, 4) is 17.2 Å². The van der Waals surface area contributed by atoms with Crippen molar-refractivity contribution in [3.05, 3.63) is 48.0 Å². The molecule has 1 aliphatic heterocycles. The Bertz CT molecular complexity index is 930. The topological polar surface area (TPSA) is 65.1 Å². The second-order valence-corrected chi connectivity index (χ2v) is 7.58. The number of alkyl halides is 3. The molecule has 2 aromatic carbocycles. The minimum absolute atomic E-state index is 0.0276. The second kappa shape index (κ2) is 7.28. The number of rotatable bonds is 6. The quantitative estimate of drug-likeness (QED) is 0.739. The number of fused-ring (bicyclic) bond motifs is 1. The SMILES string of the molecule is CCN(Cc1ccc2c(c1)OCO2)S(=O)(=O)c1cccc(OC(F)(F)F)c1. The normalized spacial score (nSPS) is 13.8. The third-order valence-corrected chi connectivity index (χ3v) is 5.74. The predicted molar refractivity (Wildman–Crippen MR) is 89.0 cm³/mol. The van der Waals surface area contributed by atoms with E-state index in [9.17, 15) is 21.6 Å². The molecule has 0 spiro atoms. The van der Waals surface area contributed by atoms with Crippen molar-refractivity contribution in [1.82, 2.24) is 4.31 Å². The van der Waals surface area contributed by atoms with Crippen LogP contribution in [0.5, 0.6) is 17.2 Å². The molecule has 0 aromatic heterocycles. The van der Waals surface area contributed by atoms with Gasteiger partial charge >= 0.3 is 6.36 Å². The highest BCUT2D eigenvalue weighted by Gasteiger charge is 2.32. The molecular weight excluding hydrogens is 387 g/mol. The zero-order chi connectivity index (χ0) is 19.7. The van der Waals surface area contributed by atoms with Crippen LogP contribution in [0.2, 0.25) is 0 Å². The Morgan fingerprint density at radius 2 is 1.85 bits per heavy atom. The number of sulfonamides is 1. The van der Waals surface area contributed by atoms with Gasteiger partial charge in [0, 0.05) is 19.2 Å². The van der Waals surface area contributed by atoms with E-state index in [0.29, 0.717) is 17.1 Å². The summed E-state index contributed by atoms with van der Waals surface area (Å²) in [5.41, 5.74) is 0.660. The van der Waals surface area contributed by atoms with Crippen LogP contribution >= 0.6 is 0 Å². The molecule has 3 rings (SSSR count). The van der Waals surface area contributed by atoms with Crippen molar-refractivity contribution in [2.75, 3.05) is 13.3 Å². The standard InChI is InChI=1S/C17H16F3NO5S/c1-2-21(10-12-6-7-15-16(8-12)25-11-24-15)27(22,23)14-5-3-4-13(9-14)26-17(18,19)20/h3-9H,2,10-11H2,1H3. The zero-order valence-electron chi connectivity index (χ0n) is 14.2. The summed E-state index contributed by atoms with van der Waals surface area (Å²) in [4.78, 5) is -0.285. The van der Waals surface area contributed by atoms with E-state index >= 15 is 0 Å². The van der Waals surface area contributed by atoms with E-state index in [-0.39, 0.29) is 24.8 Å². The highest BCUT2D eigenvalue weighted by Crippen LogP contribution is 2.33. The molecule has 10 heteroatoms. The molecule has 0 bridgehead atoms. The van der Waals surface area contributed by atoms with Gasteiger partial charge in [-0.3, -0.25) is 0 Å². The first kappa shape index (κ1) is 19.3. The van der Waals surface area contributed by atoms with E-state index in [1.807, 2.05) is 0 Å². The van der Waals surface area contributed by atoms with Gasteiger partial charge in [0.15, 0.2) is 11.5 Å². The Balaban J connectivity index is 1.84. The average Bonchev–Trinajstić information content (AvgIpc) is 3.06. The second-order valence-electron chi connectivity index (χ2n) is 5.64. The van der Waals surface area contributed by atoms with Crippen molar-refractivity contribution in [2.45, 2.75) is 24.7 Å². The number of benzene rings is 2. The number of hydrogen-bond donors (Lipinski definition) is 0. The summed E-state index contributed by atoms with van der Waals surface area (Å²) in [6.45, 7) is 1.89. The number of ether oxygens (including phenoxy) is 3. The molecule has 27 heavy (non-hydrogen) atoms. The largest absolute Gasteiger partial charge is 0.573 e. The average molecular weight is 403 g/mol. The maximum Gasteiger partial charge on any atom is 0.573 e. The summed E-state index contributed by atoms with van der Waals surface area (Å²) in [7, 11) is -4.03. The Hall–Kier alpha value is -2.46. The fourth-order valence-electron chi connectivity index (χ4n) is 2.59. The molecule has 1 aliphatic rings. The van der Waals surface area contributed by atoms with Gasteiger partial charge < -0.3 is 14.2 Å². The van der Waals surface area contributed by atoms with Gasteiger partial charge in [0.2, 0.25) is 16.8 Å². The fourth-order valence-corrected chi connectivity index (χ4v) is 4.06. The molecule has 2 aromatic rings. The van der Waals surface area contributed by atoms with Crippen molar-refractivity contribution >= 4 is 10.0 Å². The van der Waals surface area contributed by atoms with Gasteiger partial charge in [-0.25, -0.2) is 8.42 Å². The Morgan fingerprint density at radius 1 is 1.11 bits per heavy atom. The molecule has 0 fully saturated rings. The fraction of sp³-hybridized carbons (Fsp3) is 0.294. The molecule has 6 nitrogen and oxygen atoms in total. The van der Waals surface area contributed by atoms with Crippen LogP contribution in [0.1, 0.15) is 12.5 Å². The Labute approximate surface area is 154 Å². The molecule has 0 N–H and O–H groups in total. The van der Waals surface area contributed by atoms with Crippen molar-refractivity contribution in [1.29, 1.82) is 0 Å². The molecule has 146 valence electrons. The molecule has 0 aliphatic carbocycles. The first-order valence-corrected chi connectivity index (χ1v) is 9.37. The van der Waals surface area contributed by atoms with Gasteiger partial charge in [-0.15, -0.1) is 13.2 Å². The third-order valence-electron chi connectivity index (χ3n) is 3.83. The van der Waals surface area contributed by atoms with E-state index in [1.54, 1.807) is 25.1 Å². The van der Waals surface area contributed by atoms with E-state index in [1.165, 1.54) is 12.1 Å². The predicted octanol–water partition coefficient (Wildman–Crippen LogP) is 3.52. The van der Waals surface area contributed by atoms with E-state index in [0.717, 1.165) is 16.4 Å². The van der Waals surface area contributed by atoms with E-state index in [4.69, 9.17) is 9.47 Å². The number of halogens is 3. The lowest BCUT2D eigenvalue weighted by atomic mass is 10.2. The molecule has 0 atom stereocenters. The molecular formula is C17H16F3NO5S. The summed E-state index contributed by atoms with van der Waals surface area (Å²) in [5, 5.41) is 0. The van der Waals surface area contributed by atoms with Crippen molar-refractivity contribution in [3.63, 3.8) is 0 Å². The number of nitrogens with zero attached hydrogens (tertiary/aromatic N) is 1. The van der Waals surface area contributed by atoms with Gasteiger partial charge in [0.1, 0.15) is 5.75 Å². The highest BCUT2D eigenvalue weighted by atomic mass is 32.2. The Kier molecular flexibility index (Phi) is 5.20. The lowest BCUT2D eigenvalue weighted by Gasteiger charge is -2.21. The minimum atomic E-state index is -4.90. The third kappa shape index (κ3) is 4.45. The summed E-state index contributed by atoms with van der Waals surface area (Å²) in [5.74, 6) is 0.492. The van der Waals surface area contributed by atoms with E-state index < -0.39 is 22.1 Å². The van der Waals surface area contributed by atoms with Crippen molar-refractivity contribution < 1.29 is 35.8 Å². The number of hydrogen-bond acceptors (Lipinski definition) is 5. The Morgan fingerprint density at radius 3 is 2.56 bits per heavy atom. The van der Waals surface area contributed by atoms with Crippen LogP contribution in [-0.4, -0.2) is 32.4 Å². The van der Waals surface area contributed by atoms with E-state index in [2.05, 4.69) is 4.74 Å². The summed E-state index contributed by atoms with van der Waals surface area (Å²) < 4.78 is 78.3. The van der Waals surface area contributed by atoms with Crippen LogP contribution in [0.15, 0.2) is 47.4 Å². The molecule has 0 saturated heterocycles. The van der Waals surface area contributed by atoms with Crippen LogP contribution in [-0.2, 0) is 16.6 Å². The lowest BCUT2D eigenvalue weighted by molar-refractivity contribution is -0.274. The van der Waals surface area contributed by atoms with Gasteiger partial charge in [-0.1, -0.05) is 19.1 Å². The highest BCUT2D eigenvalue weighted by molar-refractivity contribution is 7.89. The summed E-state index contributed by atoms with van der Waals surface area (Å²) in [6, 6.07) is 9.36. The molecule has 0 saturated carbocycles. The van der Waals surface area contributed by atoms with Gasteiger partial charge in [0.05, 0.1) is 4.90 Å². The van der Waals surface area contributed by atoms with Crippen LogP contribution in [0, 0.1) is 0 Å². The zero-order valence-corrected chi connectivity index (χ0v) is 15.0. The van der Waals surface area contributed by atoms with Gasteiger partial charge in [-0.05, 0) is 29.8 Å². The molecule has 1 heterocycles. The molecule has 0 radical (unpaired) electrons. The van der Waals surface area contributed by atoms with Crippen LogP contribution in [0.4, 0.5) is 13.2 Å². The first-order chi connectivity index (χ1) is 12.7. The summed E-state index contributed by atoms with van der Waals surface area (Å²) >= 11 is 0. The summed E-state index contributed by atoms with van der Waals surface area (Å²) in [6.07, 6.45) is -4.90. The van der Waals surface area contributed by atoms with Crippen LogP contribution in [0.25, 0.3) is 0 Å². The minimum Gasteiger partial charge on any atom is -0.454 e. The maximum absolute atomic E-state index is 12.9. The van der Waals surface area contributed by atoms with Gasteiger partial charge in [-0.2, -0.15) is 4.31 Å². The van der Waals surface area contributed by atoms with Crippen LogP contribution < -0.4 is 14.2 Å². The van der Waals surface area contributed by atoms with Gasteiger partial charge in [0.25, 0.3) is 0 Å². The van der Waals surface area contributed by atoms with Crippen molar-refractivity contribution in [2.24, 2.45) is 0 Å². The molecule has 0 amide bonds. The monoisotopic (exact) mass is 403 g/mol. The van der Waals surface area contributed by atoms with Crippen LogP contribution in [0.3, 0.4) is 0 Å². The molecule has 0 unspecified atom stereocenters.